The number of carbonyl (C=O) groups is 1. The third-order valence-corrected chi connectivity index (χ3v) is 12.4. The number of nitrogens with zero attached hydrogens (tertiary/aromatic N) is 1. The third kappa shape index (κ3) is 7.41. The van der Waals surface area contributed by atoms with E-state index in [1.54, 1.807) is 0 Å². The number of carboxylic acid groups (broad SMARTS) is 1. The maximum Gasteiger partial charge on any atom is 0.309 e. The van der Waals surface area contributed by atoms with Gasteiger partial charge in [-0.25, -0.2) is 0 Å². The molecule has 5 nitrogen and oxygen atoms in total. The van der Waals surface area contributed by atoms with E-state index in [2.05, 4.69) is 18.7 Å². The monoisotopic (exact) mass is 547 g/mol. The molecule has 3 saturated carbocycles. The van der Waals surface area contributed by atoms with Crippen molar-refractivity contribution in [2.75, 3.05) is 19.6 Å². The van der Waals surface area contributed by atoms with Crippen LogP contribution in [0.1, 0.15) is 130 Å². The molecule has 39 heavy (non-hydrogen) atoms. The van der Waals surface area contributed by atoms with Crippen LogP contribution in [0.3, 0.4) is 0 Å². The zero-order chi connectivity index (χ0) is 28.2. The van der Waals surface area contributed by atoms with Gasteiger partial charge in [-0.3, -0.25) is 4.79 Å². The van der Waals surface area contributed by atoms with E-state index in [4.69, 9.17) is 0 Å². The molecule has 1 heterocycles. The molecule has 5 heteroatoms. The molecule has 0 amide bonds. The van der Waals surface area contributed by atoms with Crippen molar-refractivity contribution in [3.63, 3.8) is 0 Å². The second-order valence-corrected chi connectivity index (χ2v) is 15.3. The average molecular weight is 548 g/mol. The van der Waals surface area contributed by atoms with Crippen LogP contribution in [0.5, 0.6) is 0 Å². The number of likely N-dealkylation sites (tertiary alicyclic amines) is 1. The van der Waals surface area contributed by atoms with E-state index in [9.17, 15) is 20.1 Å². The van der Waals surface area contributed by atoms with Crippen molar-refractivity contribution in [3.05, 3.63) is 0 Å². The van der Waals surface area contributed by atoms with Crippen molar-refractivity contribution in [1.82, 2.24) is 4.90 Å². The lowest BCUT2D eigenvalue weighted by atomic mass is 9.58. The predicted molar refractivity (Wildman–Crippen MR) is 158 cm³/mol. The first kappa shape index (κ1) is 31.3. The number of hydrogen-bond donors (Lipinski definition) is 3. The van der Waals surface area contributed by atoms with Crippen LogP contribution >= 0.6 is 0 Å². The van der Waals surface area contributed by atoms with Gasteiger partial charge in [0, 0.05) is 0 Å². The van der Waals surface area contributed by atoms with Crippen LogP contribution in [-0.2, 0) is 4.79 Å². The first-order chi connectivity index (χ1) is 18.5. The molecule has 0 bridgehead atoms. The van der Waals surface area contributed by atoms with Crippen molar-refractivity contribution < 1.29 is 20.1 Å². The Labute approximate surface area is 239 Å². The maximum absolute atomic E-state index is 12.6. The number of rotatable bonds is 10. The van der Waals surface area contributed by atoms with Crippen molar-refractivity contribution >= 4 is 5.97 Å². The first-order valence-electron chi connectivity index (χ1n) is 16.9. The van der Waals surface area contributed by atoms with E-state index in [1.807, 2.05) is 13.8 Å². The number of carboxylic acids is 1. The summed E-state index contributed by atoms with van der Waals surface area (Å²) in [6, 6.07) is 0. The lowest BCUT2D eigenvalue weighted by molar-refractivity contribution is -0.151. The Balaban J connectivity index is 1.22. The minimum absolute atomic E-state index is 0.215. The van der Waals surface area contributed by atoms with E-state index >= 15 is 0 Å². The average Bonchev–Trinajstić information content (AvgIpc) is 2.93. The van der Waals surface area contributed by atoms with Crippen LogP contribution in [0.2, 0.25) is 0 Å². The van der Waals surface area contributed by atoms with Crippen LogP contribution in [0.15, 0.2) is 0 Å². The molecule has 1 unspecified atom stereocenters. The molecule has 1 atom stereocenters. The zero-order valence-corrected chi connectivity index (χ0v) is 25.8. The fraction of sp³-hybridized carbons (Fsp3) is 0.971. The number of aliphatic hydroxyl groups is 2. The fourth-order valence-electron chi connectivity index (χ4n) is 9.22. The Hall–Kier alpha value is -0.650. The third-order valence-electron chi connectivity index (χ3n) is 12.4. The molecule has 4 fully saturated rings. The summed E-state index contributed by atoms with van der Waals surface area (Å²) >= 11 is 0. The Bertz CT molecular complexity index is 729. The summed E-state index contributed by atoms with van der Waals surface area (Å²) in [5, 5.41) is 33.0. The van der Waals surface area contributed by atoms with E-state index in [0.29, 0.717) is 23.7 Å². The number of piperidine rings is 1. The van der Waals surface area contributed by atoms with Crippen LogP contribution in [0.4, 0.5) is 0 Å². The van der Waals surface area contributed by atoms with E-state index in [-0.39, 0.29) is 12.0 Å². The molecule has 3 aliphatic carbocycles. The molecule has 1 saturated heterocycles. The van der Waals surface area contributed by atoms with E-state index in [0.717, 1.165) is 82.8 Å². The predicted octanol–water partition coefficient (Wildman–Crippen LogP) is 7.14. The number of aliphatic carboxylic acids is 1. The highest BCUT2D eigenvalue weighted by Gasteiger charge is 2.50. The van der Waals surface area contributed by atoms with Gasteiger partial charge in [-0.05, 0) is 152 Å². The summed E-state index contributed by atoms with van der Waals surface area (Å²) < 4.78 is 0. The van der Waals surface area contributed by atoms with E-state index in [1.165, 1.54) is 51.4 Å². The number of hydrogen-bond acceptors (Lipinski definition) is 4. The lowest BCUT2D eigenvalue weighted by Gasteiger charge is -2.53. The molecule has 0 aromatic rings. The fourth-order valence-corrected chi connectivity index (χ4v) is 9.22. The molecular weight excluding hydrogens is 486 g/mol. The van der Waals surface area contributed by atoms with Gasteiger partial charge in [-0.2, -0.15) is 0 Å². The molecule has 0 aromatic carbocycles. The molecule has 4 aliphatic rings. The highest BCUT2D eigenvalue weighted by molar-refractivity contribution is 5.74. The summed E-state index contributed by atoms with van der Waals surface area (Å²) in [7, 11) is 0. The van der Waals surface area contributed by atoms with Crippen molar-refractivity contribution in [1.29, 1.82) is 0 Å². The highest BCUT2D eigenvalue weighted by atomic mass is 16.4. The largest absolute Gasteiger partial charge is 0.481 e. The summed E-state index contributed by atoms with van der Waals surface area (Å²) in [5.41, 5.74) is -1.13. The standard InChI is InChI=1S/C34H61NO4/c1-24-7-13-28(14-8-24)34(39,29-15-9-25(2)10-16-29)30-19-22-35(23-20-30)21-5-6-31(36)26-11-17-27(18-12-26)33(3,4)32(37)38/h24-31,36,39H,5-23H2,1-4H3,(H,37,38). The van der Waals surface area contributed by atoms with Gasteiger partial charge in [0.15, 0.2) is 0 Å². The van der Waals surface area contributed by atoms with Gasteiger partial charge in [0.2, 0.25) is 0 Å². The summed E-state index contributed by atoms with van der Waals surface area (Å²) in [4.78, 5) is 14.2. The molecule has 0 aromatic heterocycles. The summed E-state index contributed by atoms with van der Waals surface area (Å²) in [6.07, 6.45) is 17.6. The Morgan fingerprint density at radius 2 is 1.18 bits per heavy atom. The second-order valence-electron chi connectivity index (χ2n) is 15.3. The van der Waals surface area contributed by atoms with Crippen molar-refractivity contribution in [2.24, 2.45) is 46.8 Å². The minimum atomic E-state index is -0.699. The first-order valence-corrected chi connectivity index (χ1v) is 16.9. The normalized spacial score (nSPS) is 36.3. The van der Waals surface area contributed by atoms with Gasteiger partial charge in [-0.1, -0.05) is 39.5 Å². The van der Waals surface area contributed by atoms with Gasteiger partial charge in [0.1, 0.15) is 0 Å². The highest BCUT2D eigenvalue weighted by Crippen LogP contribution is 2.50. The molecule has 0 spiro atoms. The Kier molecular flexibility index (Phi) is 10.9. The maximum atomic E-state index is 12.6. The Morgan fingerprint density at radius 3 is 1.64 bits per heavy atom. The molecular formula is C34H61NO4. The SMILES string of the molecule is CC1CCC(C(O)(C2CCC(C)CC2)C2CCN(CCCC(O)C3CCC(C(C)(C)C(=O)O)CC3)CC2)CC1. The van der Waals surface area contributed by atoms with Gasteiger partial charge < -0.3 is 20.2 Å². The summed E-state index contributed by atoms with van der Waals surface area (Å²) in [6.45, 7) is 11.7. The molecule has 0 radical (unpaired) electrons. The minimum Gasteiger partial charge on any atom is -0.481 e. The van der Waals surface area contributed by atoms with Crippen molar-refractivity contribution in [3.8, 4) is 0 Å². The van der Waals surface area contributed by atoms with E-state index < -0.39 is 17.0 Å². The summed E-state index contributed by atoms with van der Waals surface area (Å²) in [5.74, 6) is 2.92. The quantitative estimate of drug-likeness (QED) is 0.271. The van der Waals surface area contributed by atoms with Crippen LogP contribution in [-0.4, -0.2) is 57.5 Å². The van der Waals surface area contributed by atoms with Gasteiger partial charge in [0.05, 0.1) is 17.1 Å². The van der Waals surface area contributed by atoms with Crippen LogP contribution in [0.25, 0.3) is 0 Å². The van der Waals surface area contributed by atoms with Crippen LogP contribution in [0, 0.1) is 46.8 Å². The molecule has 226 valence electrons. The number of aliphatic hydroxyl groups excluding tert-OH is 1. The smallest absolute Gasteiger partial charge is 0.309 e. The van der Waals surface area contributed by atoms with Crippen molar-refractivity contribution in [2.45, 2.75) is 142 Å². The van der Waals surface area contributed by atoms with Gasteiger partial charge in [-0.15, -0.1) is 0 Å². The van der Waals surface area contributed by atoms with Gasteiger partial charge >= 0.3 is 5.97 Å². The zero-order valence-electron chi connectivity index (χ0n) is 25.8. The Morgan fingerprint density at radius 1 is 0.744 bits per heavy atom. The van der Waals surface area contributed by atoms with Crippen LogP contribution < -0.4 is 0 Å². The molecule has 3 N–H and O–H groups in total. The molecule has 1 aliphatic heterocycles. The topological polar surface area (TPSA) is 81.0 Å². The molecule has 4 rings (SSSR count). The lowest BCUT2D eigenvalue weighted by Crippen LogP contribution is -2.55. The van der Waals surface area contributed by atoms with Gasteiger partial charge in [0.25, 0.3) is 0 Å². The second kappa shape index (κ2) is 13.6.